The van der Waals surface area contributed by atoms with Crippen LogP contribution < -0.4 is 5.32 Å². The SMILES string of the molecule is Cc1cc(F)ccc1CNc1ccc(C(F)(F)F)nc1. The van der Waals surface area contributed by atoms with E-state index in [-0.39, 0.29) is 5.82 Å². The largest absolute Gasteiger partial charge is 0.433 e. The number of hydrogen-bond donors (Lipinski definition) is 1. The van der Waals surface area contributed by atoms with Crippen LogP contribution in [-0.2, 0) is 12.7 Å². The lowest BCUT2D eigenvalue weighted by Gasteiger charge is -2.10. The quantitative estimate of drug-likeness (QED) is 0.856. The lowest BCUT2D eigenvalue weighted by molar-refractivity contribution is -0.141. The summed E-state index contributed by atoms with van der Waals surface area (Å²) in [5.74, 6) is -0.317. The van der Waals surface area contributed by atoms with Gasteiger partial charge in [-0.3, -0.25) is 0 Å². The molecule has 2 rings (SSSR count). The van der Waals surface area contributed by atoms with E-state index < -0.39 is 11.9 Å². The summed E-state index contributed by atoms with van der Waals surface area (Å²) in [6.07, 6.45) is -3.31. The van der Waals surface area contributed by atoms with Crippen molar-refractivity contribution in [3.05, 3.63) is 59.2 Å². The molecule has 0 aliphatic carbocycles. The fourth-order valence-corrected chi connectivity index (χ4v) is 1.72. The van der Waals surface area contributed by atoms with E-state index >= 15 is 0 Å². The van der Waals surface area contributed by atoms with Crippen LogP contribution in [0.4, 0.5) is 23.2 Å². The molecule has 0 aliphatic heterocycles. The van der Waals surface area contributed by atoms with Crippen LogP contribution in [0.15, 0.2) is 36.5 Å². The van der Waals surface area contributed by atoms with Crippen LogP contribution in [0.5, 0.6) is 0 Å². The second-order valence-electron chi connectivity index (χ2n) is 4.35. The Morgan fingerprint density at radius 1 is 1.15 bits per heavy atom. The average molecular weight is 284 g/mol. The van der Waals surface area contributed by atoms with Crippen molar-refractivity contribution in [3.8, 4) is 0 Å². The maximum atomic E-state index is 12.9. The monoisotopic (exact) mass is 284 g/mol. The molecular formula is C14H12F4N2. The first-order chi connectivity index (χ1) is 9.36. The van der Waals surface area contributed by atoms with Gasteiger partial charge in [0.15, 0.2) is 0 Å². The van der Waals surface area contributed by atoms with Gasteiger partial charge in [-0.1, -0.05) is 6.07 Å². The van der Waals surface area contributed by atoms with Crippen LogP contribution in [0.25, 0.3) is 0 Å². The third-order valence-electron chi connectivity index (χ3n) is 2.84. The molecule has 0 unspecified atom stereocenters. The summed E-state index contributed by atoms with van der Waals surface area (Å²) >= 11 is 0. The number of pyridine rings is 1. The van der Waals surface area contributed by atoms with E-state index in [2.05, 4.69) is 10.3 Å². The lowest BCUT2D eigenvalue weighted by atomic mass is 10.1. The minimum absolute atomic E-state index is 0.317. The van der Waals surface area contributed by atoms with E-state index in [9.17, 15) is 17.6 Å². The van der Waals surface area contributed by atoms with Crippen LogP contribution in [0.1, 0.15) is 16.8 Å². The van der Waals surface area contributed by atoms with E-state index in [1.165, 1.54) is 18.2 Å². The average Bonchev–Trinajstić information content (AvgIpc) is 2.37. The van der Waals surface area contributed by atoms with Crippen molar-refractivity contribution in [1.29, 1.82) is 0 Å². The number of nitrogens with zero attached hydrogens (tertiary/aromatic N) is 1. The number of anilines is 1. The van der Waals surface area contributed by atoms with Crippen LogP contribution in [-0.4, -0.2) is 4.98 Å². The number of aromatic nitrogens is 1. The molecule has 0 amide bonds. The Kier molecular flexibility index (Phi) is 3.92. The molecule has 2 nitrogen and oxygen atoms in total. The van der Waals surface area contributed by atoms with Gasteiger partial charge in [-0.2, -0.15) is 13.2 Å². The third kappa shape index (κ3) is 3.46. The zero-order valence-corrected chi connectivity index (χ0v) is 10.6. The molecule has 2 aromatic rings. The zero-order valence-electron chi connectivity index (χ0n) is 10.6. The Hall–Kier alpha value is -2.11. The number of aryl methyl sites for hydroxylation is 1. The Morgan fingerprint density at radius 2 is 1.90 bits per heavy atom. The summed E-state index contributed by atoms with van der Waals surface area (Å²) in [4.78, 5) is 3.35. The van der Waals surface area contributed by atoms with E-state index in [1.807, 2.05) is 0 Å². The second kappa shape index (κ2) is 5.48. The topological polar surface area (TPSA) is 24.9 Å². The zero-order chi connectivity index (χ0) is 14.8. The molecular weight excluding hydrogens is 272 g/mol. The highest BCUT2D eigenvalue weighted by atomic mass is 19.4. The van der Waals surface area contributed by atoms with Crippen LogP contribution in [0.3, 0.4) is 0 Å². The van der Waals surface area contributed by atoms with Crippen molar-refractivity contribution in [3.63, 3.8) is 0 Å². The van der Waals surface area contributed by atoms with Gasteiger partial charge in [0.05, 0.1) is 11.9 Å². The molecule has 1 aromatic carbocycles. The van der Waals surface area contributed by atoms with Crippen LogP contribution >= 0.6 is 0 Å². The molecule has 0 bridgehead atoms. The minimum atomic E-state index is -4.44. The Bertz CT molecular complexity index is 591. The van der Waals surface area contributed by atoms with Crippen molar-refractivity contribution in [1.82, 2.24) is 4.98 Å². The summed E-state index contributed by atoms with van der Waals surface area (Å²) < 4.78 is 50.0. The lowest BCUT2D eigenvalue weighted by Crippen LogP contribution is -2.08. The summed E-state index contributed by atoms with van der Waals surface area (Å²) in [7, 11) is 0. The van der Waals surface area contributed by atoms with Gasteiger partial charge >= 0.3 is 6.18 Å². The molecule has 0 saturated carbocycles. The van der Waals surface area contributed by atoms with Crippen LogP contribution in [0, 0.1) is 12.7 Å². The van der Waals surface area contributed by atoms with Crippen molar-refractivity contribution in [2.45, 2.75) is 19.6 Å². The molecule has 0 saturated heterocycles. The number of alkyl halides is 3. The van der Waals surface area contributed by atoms with Gasteiger partial charge in [0, 0.05) is 6.54 Å². The fraction of sp³-hybridized carbons (Fsp3) is 0.214. The first-order valence-electron chi connectivity index (χ1n) is 5.88. The van der Waals surface area contributed by atoms with Gasteiger partial charge in [-0.15, -0.1) is 0 Å². The van der Waals surface area contributed by atoms with Crippen molar-refractivity contribution >= 4 is 5.69 Å². The van der Waals surface area contributed by atoms with E-state index in [0.717, 1.165) is 23.4 Å². The third-order valence-corrected chi connectivity index (χ3v) is 2.84. The molecule has 1 heterocycles. The first-order valence-corrected chi connectivity index (χ1v) is 5.88. The van der Waals surface area contributed by atoms with Crippen molar-refractivity contribution in [2.75, 3.05) is 5.32 Å². The molecule has 106 valence electrons. The Labute approximate surface area is 113 Å². The first kappa shape index (κ1) is 14.3. The Balaban J connectivity index is 2.04. The number of halogens is 4. The highest BCUT2D eigenvalue weighted by Crippen LogP contribution is 2.27. The predicted octanol–water partition coefficient (Wildman–Crippen LogP) is 4.16. The molecule has 0 radical (unpaired) electrons. The summed E-state index contributed by atoms with van der Waals surface area (Å²) in [6, 6.07) is 6.61. The molecule has 0 atom stereocenters. The Morgan fingerprint density at radius 3 is 2.45 bits per heavy atom. The molecule has 0 spiro atoms. The van der Waals surface area contributed by atoms with Crippen LogP contribution in [0.2, 0.25) is 0 Å². The number of benzene rings is 1. The minimum Gasteiger partial charge on any atom is -0.380 e. The van der Waals surface area contributed by atoms with Gasteiger partial charge in [0.1, 0.15) is 11.5 Å². The summed E-state index contributed by atoms with van der Waals surface area (Å²) in [5, 5.41) is 2.95. The van der Waals surface area contributed by atoms with E-state index in [4.69, 9.17) is 0 Å². The predicted molar refractivity (Wildman–Crippen MR) is 67.7 cm³/mol. The highest BCUT2D eigenvalue weighted by Gasteiger charge is 2.31. The number of hydrogen-bond acceptors (Lipinski definition) is 2. The molecule has 0 fully saturated rings. The normalized spacial score (nSPS) is 11.4. The van der Waals surface area contributed by atoms with Gasteiger partial charge < -0.3 is 5.32 Å². The smallest absolute Gasteiger partial charge is 0.380 e. The molecule has 1 aromatic heterocycles. The van der Waals surface area contributed by atoms with Gasteiger partial charge in [0.25, 0.3) is 0 Å². The molecule has 6 heteroatoms. The maximum Gasteiger partial charge on any atom is 0.433 e. The molecule has 20 heavy (non-hydrogen) atoms. The summed E-state index contributed by atoms with van der Waals surface area (Å²) in [5.41, 5.74) is 1.19. The van der Waals surface area contributed by atoms with Gasteiger partial charge in [-0.25, -0.2) is 9.37 Å². The van der Waals surface area contributed by atoms with E-state index in [0.29, 0.717) is 12.2 Å². The molecule has 1 N–H and O–H groups in total. The fourth-order valence-electron chi connectivity index (χ4n) is 1.72. The van der Waals surface area contributed by atoms with Crippen molar-refractivity contribution in [2.24, 2.45) is 0 Å². The number of nitrogens with one attached hydrogen (secondary N) is 1. The standard InChI is InChI=1S/C14H12F4N2/c1-9-6-11(15)3-2-10(9)7-19-12-4-5-13(20-8-12)14(16,17)18/h2-6,8,19H,7H2,1H3. The highest BCUT2D eigenvalue weighted by molar-refractivity contribution is 5.42. The summed E-state index contributed by atoms with van der Waals surface area (Å²) in [6.45, 7) is 2.16. The van der Waals surface area contributed by atoms with E-state index in [1.54, 1.807) is 13.0 Å². The number of rotatable bonds is 3. The molecule has 0 aliphatic rings. The van der Waals surface area contributed by atoms with Gasteiger partial charge in [-0.05, 0) is 42.3 Å². The second-order valence-corrected chi connectivity index (χ2v) is 4.35. The maximum absolute atomic E-state index is 12.9. The van der Waals surface area contributed by atoms with Crippen molar-refractivity contribution < 1.29 is 17.6 Å². The van der Waals surface area contributed by atoms with Gasteiger partial charge in [0.2, 0.25) is 0 Å².